The van der Waals surface area contributed by atoms with Crippen molar-refractivity contribution in [2.45, 2.75) is 25.9 Å². The highest BCUT2D eigenvalue weighted by atomic mass is 15.3. The van der Waals surface area contributed by atoms with Crippen molar-refractivity contribution in [1.82, 2.24) is 9.80 Å². The Balaban J connectivity index is 1.63. The summed E-state index contributed by atoms with van der Waals surface area (Å²) in [5.41, 5.74) is 12.0. The van der Waals surface area contributed by atoms with Gasteiger partial charge in [-0.25, -0.2) is 0 Å². The van der Waals surface area contributed by atoms with E-state index < -0.39 is 0 Å². The number of hydrogen-bond donors (Lipinski definition) is 1. The van der Waals surface area contributed by atoms with Crippen LogP contribution in [0.4, 0.5) is 5.69 Å². The zero-order valence-corrected chi connectivity index (χ0v) is 17.9. The van der Waals surface area contributed by atoms with Gasteiger partial charge in [-0.15, -0.1) is 0 Å². The summed E-state index contributed by atoms with van der Waals surface area (Å²) >= 11 is 0. The Kier molecular flexibility index (Phi) is 7.27. The van der Waals surface area contributed by atoms with Crippen molar-refractivity contribution in [3.63, 3.8) is 0 Å². The van der Waals surface area contributed by atoms with E-state index in [4.69, 9.17) is 5.73 Å². The molecule has 2 N–H and O–H groups in total. The first-order valence-corrected chi connectivity index (χ1v) is 10.4. The summed E-state index contributed by atoms with van der Waals surface area (Å²) in [6.45, 7) is 7.89. The second kappa shape index (κ2) is 9.89. The van der Waals surface area contributed by atoms with Gasteiger partial charge in [0.1, 0.15) is 0 Å². The summed E-state index contributed by atoms with van der Waals surface area (Å²) in [6.07, 6.45) is 0.910. The van der Waals surface area contributed by atoms with Crippen LogP contribution >= 0.6 is 0 Å². The molecule has 1 unspecified atom stereocenters. The monoisotopic (exact) mass is 391 g/mol. The summed E-state index contributed by atoms with van der Waals surface area (Å²) in [7, 11) is 4.13. The van der Waals surface area contributed by atoms with Crippen LogP contribution in [0.3, 0.4) is 0 Å². The van der Waals surface area contributed by atoms with E-state index in [1.807, 2.05) is 12.1 Å². The van der Waals surface area contributed by atoms with Crippen LogP contribution in [0, 0.1) is 18.3 Å². The summed E-state index contributed by atoms with van der Waals surface area (Å²) in [5.74, 6) is 0. The van der Waals surface area contributed by atoms with Gasteiger partial charge in [0.2, 0.25) is 0 Å². The van der Waals surface area contributed by atoms with E-state index >= 15 is 0 Å². The van der Waals surface area contributed by atoms with Crippen molar-refractivity contribution in [2.24, 2.45) is 5.73 Å². The molecule has 2 aromatic carbocycles. The fourth-order valence-corrected chi connectivity index (χ4v) is 3.81. The van der Waals surface area contributed by atoms with Crippen molar-refractivity contribution < 1.29 is 0 Å². The smallest absolute Gasteiger partial charge is 0.0995 e. The molecule has 5 heteroatoms. The molecule has 1 heterocycles. The molecule has 0 aromatic heterocycles. The molecule has 1 fully saturated rings. The number of hydrogen-bond acceptors (Lipinski definition) is 5. The third-order valence-electron chi connectivity index (χ3n) is 5.73. The lowest BCUT2D eigenvalue weighted by atomic mass is 9.98. The number of nitrogens with zero attached hydrogens (tertiary/aromatic N) is 4. The van der Waals surface area contributed by atoms with E-state index in [1.54, 1.807) is 0 Å². The molecule has 1 saturated heterocycles. The van der Waals surface area contributed by atoms with Crippen LogP contribution in [0.15, 0.2) is 42.5 Å². The Labute approximate surface area is 175 Å². The maximum absolute atomic E-state index is 9.55. The molecule has 3 rings (SSSR count). The quantitative estimate of drug-likeness (QED) is 0.786. The summed E-state index contributed by atoms with van der Waals surface area (Å²) in [5, 5.41) is 9.55. The van der Waals surface area contributed by atoms with E-state index in [0.717, 1.165) is 62.4 Å². The molecular formula is C24H33N5. The third kappa shape index (κ3) is 5.80. The minimum atomic E-state index is 0.00211. The first-order valence-electron chi connectivity index (χ1n) is 10.4. The molecule has 0 amide bonds. The van der Waals surface area contributed by atoms with Gasteiger partial charge in [0.05, 0.1) is 11.6 Å². The van der Waals surface area contributed by atoms with E-state index in [2.05, 4.69) is 72.1 Å². The second-order valence-corrected chi connectivity index (χ2v) is 8.33. The first kappa shape index (κ1) is 21.3. The van der Waals surface area contributed by atoms with Crippen molar-refractivity contribution in [1.29, 1.82) is 5.26 Å². The maximum atomic E-state index is 9.55. The maximum Gasteiger partial charge on any atom is 0.0995 e. The fourth-order valence-electron chi connectivity index (χ4n) is 3.81. The fraction of sp³-hybridized carbons (Fsp3) is 0.458. The van der Waals surface area contributed by atoms with Crippen LogP contribution in [0.25, 0.3) is 0 Å². The Bertz CT molecular complexity index is 829. The van der Waals surface area contributed by atoms with Gasteiger partial charge < -0.3 is 15.5 Å². The predicted octanol–water partition coefficient (Wildman–Crippen LogP) is 3.14. The summed E-state index contributed by atoms with van der Waals surface area (Å²) < 4.78 is 0. The zero-order chi connectivity index (χ0) is 20.8. The number of rotatable bonds is 7. The average Bonchev–Trinajstić information content (AvgIpc) is 2.73. The minimum absolute atomic E-state index is 0.00211. The summed E-state index contributed by atoms with van der Waals surface area (Å²) in [4.78, 5) is 7.03. The lowest BCUT2D eigenvalue weighted by molar-refractivity contribution is 0.249. The molecule has 5 nitrogen and oxygen atoms in total. The molecular weight excluding hydrogens is 358 g/mol. The average molecular weight is 392 g/mol. The summed E-state index contributed by atoms with van der Waals surface area (Å²) in [6, 6.07) is 17.2. The predicted molar refractivity (Wildman–Crippen MR) is 120 cm³/mol. The number of aryl methyl sites for hydroxylation is 1. The van der Waals surface area contributed by atoms with Crippen LogP contribution in [-0.2, 0) is 6.54 Å². The van der Waals surface area contributed by atoms with Gasteiger partial charge in [-0.05, 0) is 63.3 Å². The topological polar surface area (TPSA) is 59.5 Å². The highest BCUT2D eigenvalue weighted by molar-refractivity contribution is 5.48. The molecule has 0 bridgehead atoms. The van der Waals surface area contributed by atoms with Crippen LogP contribution < -0.4 is 10.6 Å². The van der Waals surface area contributed by atoms with Gasteiger partial charge in [0, 0.05) is 44.5 Å². The van der Waals surface area contributed by atoms with Crippen LogP contribution in [0.2, 0.25) is 0 Å². The van der Waals surface area contributed by atoms with Gasteiger partial charge >= 0.3 is 0 Å². The number of piperazine rings is 1. The van der Waals surface area contributed by atoms with Crippen LogP contribution in [-0.4, -0.2) is 56.6 Å². The lowest BCUT2D eigenvalue weighted by Gasteiger charge is -2.36. The Morgan fingerprint density at radius 3 is 2.38 bits per heavy atom. The molecule has 0 spiro atoms. The van der Waals surface area contributed by atoms with Gasteiger partial charge in [-0.1, -0.05) is 29.8 Å². The van der Waals surface area contributed by atoms with E-state index in [-0.39, 0.29) is 6.04 Å². The van der Waals surface area contributed by atoms with Crippen molar-refractivity contribution in [3.05, 3.63) is 64.7 Å². The number of nitriles is 1. The highest BCUT2D eigenvalue weighted by Gasteiger charge is 2.19. The second-order valence-electron chi connectivity index (χ2n) is 8.33. The van der Waals surface area contributed by atoms with Gasteiger partial charge in [-0.2, -0.15) is 5.26 Å². The Morgan fingerprint density at radius 2 is 1.76 bits per heavy atom. The Morgan fingerprint density at radius 1 is 1.07 bits per heavy atom. The molecule has 0 radical (unpaired) electrons. The molecule has 2 aromatic rings. The van der Waals surface area contributed by atoms with E-state index in [0.29, 0.717) is 0 Å². The molecule has 1 atom stereocenters. The molecule has 1 aliphatic heterocycles. The Hall–Kier alpha value is -2.39. The van der Waals surface area contributed by atoms with Crippen LogP contribution in [0.5, 0.6) is 0 Å². The van der Waals surface area contributed by atoms with Crippen molar-refractivity contribution in [3.8, 4) is 6.07 Å². The highest BCUT2D eigenvalue weighted by Crippen LogP contribution is 2.22. The first-order chi connectivity index (χ1) is 14.0. The normalized spacial score (nSPS) is 16.1. The minimum Gasteiger partial charge on any atom is -0.369 e. The largest absolute Gasteiger partial charge is 0.369 e. The van der Waals surface area contributed by atoms with Crippen LogP contribution in [0.1, 0.15) is 34.7 Å². The standard InChI is InChI=1S/C24H33N5/c1-19-4-8-23(9-5-19)29-14-12-28(13-15-29)18-22-16-20(6-7-21(22)17-25)24(26)10-11-27(2)3/h4-9,16,24H,10-15,18,26H2,1-3H3. The number of anilines is 1. The molecule has 29 heavy (non-hydrogen) atoms. The van der Waals surface area contributed by atoms with Gasteiger partial charge in [0.15, 0.2) is 0 Å². The van der Waals surface area contributed by atoms with E-state index in [9.17, 15) is 5.26 Å². The zero-order valence-electron chi connectivity index (χ0n) is 17.9. The number of benzene rings is 2. The lowest BCUT2D eigenvalue weighted by Crippen LogP contribution is -2.46. The third-order valence-corrected chi connectivity index (χ3v) is 5.73. The van der Waals surface area contributed by atoms with Crippen molar-refractivity contribution in [2.75, 3.05) is 51.7 Å². The van der Waals surface area contributed by atoms with Crippen molar-refractivity contribution >= 4 is 5.69 Å². The molecule has 1 aliphatic rings. The molecule has 154 valence electrons. The van der Waals surface area contributed by atoms with E-state index in [1.165, 1.54) is 11.3 Å². The van der Waals surface area contributed by atoms with Gasteiger partial charge in [0.25, 0.3) is 0 Å². The molecule has 0 aliphatic carbocycles. The van der Waals surface area contributed by atoms with Gasteiger partial charge in [-0.3, -0.25) is 4.90 Å². The SMILES string of the molecule is Cc1ccc(N2CCN(Cc3cc(C(N)CCN(C)C)ccc3C#N)CC2)cc1. The molecule has 0 saturated carbocycles. The number of nitrogens with two attached hydrogens (primary N) is 1.